The van der Waals surface area contributed by atoms with Crippen molar-refractivity contribution in [1.82, 2.24) is 0 Å². The van der Waals surface area contributed by atoms with Crippen molar-refractivity contribution in [3.63, 3.8) is 0 Å². The fraction of sp³-hybridized carbons (Fsp3) is 0.538. The lowest BCUT2D eigenvalue weighted by Gasteiger charge is -2.32. The molecule has 4 rings (SSSR count). The molecule has 2 aromatic rings. The summed E-state index contributed by atoms with van der Waals surface area (Å²) in [6, 6.07) is 7.34. The minimum Gasteiger partial charge on any atom is -0.385 e. The maximum absolute atomic E-state index is 13.0. The maximum Gasteiger partial charge on any atom is 0.159 e. The Morgan fingerprint density at radius 3 is 1.09 bits per heavy atom. The van der Waals surface area contributed by atoms with Gasteiger partial charge in [0.25, 0.3) is 0 Å². The molecule has 0 amide bonds. The zero-order valence-electron chi connectivity index (χ0n) is 16.9. The summed E-state index contributed by atoms with van der Waals surface area (Å²) in [6.07, 6.45) is 8.51. The molecule has 2 aliphatic rings. The first-order chi connectivity index (χ1) is 14.2. The van der Waals surface area contributed by atoms with Gasteiger partial charge in [-0.25, -0.2) is 17.6 Å². The number of hydrogen-bond acceptors (Lipinski definition) is 2. The molecule has 0 spiro atoms. The second-order valence-corrected chi connectivity index (χ2v) is 8.44. The molecule has 2 fully saturated rings. The molecule has 0 bridgehead atoms. The minimum atomic E-state index is -0.952. The van der Waals surface area contributed by atoms with Crippen LogP contribution >= 0.6 is 0 Å². The molecule has 2 N–H and O–H groups in total. The molecule has 0 aromatic heterocycles. The van der Waals surface area contributed by atoms with Crippen molar-refractivity contribution in [2.75, 3.05) is 0 Å². The third-order valence-corrected chi connectivity index (χ3v) is 6.28. The van der Waals surface area contributed by atoms with Crippen molar-refractivity contribution in [2.24, 2.45) is 0 Å². The van der Waals surface area contributed by atoms with E-state index in [1.165, 1.54) is 12.1 Å². The average Bonchev–Trinajstić information content (AvgIpc) is 2.73. The lowest BCUT2D eigenvalue weighted by molar-refractivity contribution is -0.00130. The Hall–Kier alpha value is -1.92. The maximum atomic E-state index is 13.0. The highest BCUT2D eigenvalue weighted by molar-refractivity contribution is 5.25. The van der Waals surface area contributed by atoms with E-state index in [0.29, 0.717) is 36.8 Å². The summed E-state index contributed by atoms with van der Waals surface area (Å²) in [5.41, 5.74) is -0.901. The van der Waals surface area contributed by atoms with Gasteiger partial charge in [-0.1, -0.05) is 65.5 Å². The quantitative estimate of drug-likeness (QED) is 0.459. The van der Waals surface area contributed by atoms with Gasteiger partial charge in [0, 0.05) is 0 Å². The highest BCUT2D eigenvalue weighted by Gasteiger charge is 2.32. The molecule has 2 saturated carbocycles. The summed E-state index contributed by atoms with van der Waals surface area (Å²) in [5, 5.41) is 20.5. The lowest BCUT2D eigenvalue weighted by atomic mass is 9.80. The van der Waals surface area contributed by atoms with Crippen LogP contribution in [0.2, 0.25) is 0 Å². The van der Waals surface area contributed by atoms with Crippen LogP contribution in [-0.2, 0) is 11.2 Å². The van der Waals surface area contributed by atoms with E-state index in [-0.39, 0.29) is 14.9 Å². The smallest absolute Gasteiger partial charge is 0.159 e. The van der Waals surface area contributed by atoms with E-state index in [1.54, 1.807) is 0 Å². The van der Waals surface area contributed by atoms with E-state index in [4.69, 9.17) is 0 Å². The highest BCUT2D eigenvalue weighted by atomic mass is 19.2. The number of rotatable bonds is 2. The van der Waals surface area contributed by atoms with E-state index in [9.17, 15) is 27.8 Å². The van der Waals surface area contributed by atoms with Gasteiger partial charge in [0.1, 0.15) is 0 Å². The molecule has 0 atom stereocenters. The zero-order chi connectivity index (χ0) is 21.8. The lowest BCUT2D eigenvalue weighted by Crippen LogP contribution is -2.28. The topological polar surface area (TPSA) is 40.5 Å². The van der Waals surface area contributed by atoms with Crippen LogP contribution < -0.4 is 0 Å². The predicted octanol–water partition coefficient (Wildman–Crippen LogP) is 7.51. The average molecular weight is 457 g/mol. The monoisotopic (exact) mass is 456 g/mol. The highest BCUT2D eigenvalue weighted by Crippen LogP contribution is 2.38. The van der Waals surface area contributed by atoms with Crippen LogP contribution in [-0.4, -0.2) is 10.2 Å². The summed E-state index contributed by atoms with van der Waals surface area (Å²) in [4.78, 5) is 0. The number of benzene rings is 2. The first kappa shape index (κ1) is 28.1. The van der Waals surface area contributed by atoms with Crippen LogP contribution in [0.3, 0.4) is 0 Å². The molecule has 0 aliphatic heterocycles. The number of aliphatic hydroxyl groups is 2. The SMILES string of the molecule is C.C.OC1(c2ccc(F)c(F)c2)CCCCC1.OC1(c2ccc(F)c(F)c2)CCCCC1. The molecular formula is C26H36F4O2. The van der Waals surface area contributed by atoms with Crippen LogP contribution in [0.4, 0.5) is 17.6 Å². The van der Waals surface area contributed by atoms with Gasteiger partial charge in [-0.05, 0) is 61.1 Å². The molecule has 180 valence electrons. The van der Waals surface area contributed by atoms with Crippen molar-refractivity contribution >= 4 is 0 Å². The van der Waals surface area contributed by atoms with Gasteiger partial charge in [-0.15, -0.1) is 0 Å². The Bertz CT molecular complexity index is 785. The van der Waals surface area contributed by atoms with Gasteiger partial charge < -0.3 is 10.2 Å². The van der Waals surface area contributed by atoms with E-state index in [2.05, 4.69) is 0 Å². The van der Waals surface area contributed by atoms with Gasteiger partial charge in [-0.2, -0.15) is 0 Å². The molecular weight excluding hydrogens is 420 g/mol. The van der Waals surface area contributed by atoms with Crippen LogP contribution in [0.15, 0.2) is 36.4 Å². The van der Waals surface area contributed by atoms with Gasteiger partial charge in [0.05, 0.1) is 11.2 Å². The molecule has 2 aromatic carbocycles. The van der Waals surface area contributed by atoms with Gasteiger partial charge in [0.2, 0.25) is 0 Å². The van der Waals surface area contributed by atoms with E-state index < -0.39 is 34.5 Å². The zero-order valence-corrected chi connectivity index (χ0v) is 16.9. The largest absolute Gasteiger partial charge is 0.385 e. The van der Waals surface area contributed by atoms with Crippen molar-refractivity contribution in [2.45, 2.75) is 90.3 Å². The predicted molar refractivity (Wildman–Crippen MR) is 120 cm³/mol. The number of halogens is 4. The third kappa shape index (κ3) is 6.55. The molecule has 0 radical (unpaired) electrons. The third-order valence-electron chi connectivity index (χ3n) is 6.28. The van der Waals surface area contributed by atoms with Crippen LogP contribution in [0.5, 0.6) is 0 Å². The summed E-state index contributed by atoms with van der Waals surface area (Å²) in [5.74, 6) is -3.49. The second-order valence-electron chi connectivity index (χ2n) is 8.44. The van der Waals surface area contributed by atoms with E-state index in [0.717, 1.165) is 62.8 Å². The molecule has 0 saturated heterocycles. The normalized spacial score (nSPS) is 18.9. The fourth-order valence-electron chi connectivity index (χ4n) is 4.42. The van der Waals surface area contributed by atoms with Crippen LogP contribution in [0, 0.1) is 23.3 Å². The number of hydrogen-bond donors (Lipinski definition) is 2. The molecule has 2 aliphatic carbocycles. The molecule has 6 heteroatoms. The Morgan fingerprint density at radius 1 is 0.500 bits per heavy atom. The van der Waals surface area contributed by atoms with E-state index >= 15 is 0 Å². The first-order valence-electron chi connectivity index (χ1n) is 10.6. The first-order valence-corrected chi connectivity index (χ1v) is 10.6. The van der Waals surface area contributed by atoms with Crippen LogP contribution in [0.1, 0.15) is 90.2 Å². The summed E-state index contributed by atoms with van der Waals surface area (Å²) < 4.78 is 51.5. The van der Waals surface area contributed by atoms with Crippen LogP contribution in [0.25, 0.3) is 0 Å². The Kier molecular flexibility index (Phi) is 10.4. The molecule has 32 heavy (non-hydrogen) atoms. The van der Waals surface area contributed by atoms with Gasteiger partial charge in [-0.3, -0.25) is 0 Å². The Morgan fingerprint density at radius 2 is 0.812 bits per heavy atom. The molecule has 2 nitrogen and oxygen atoms in total. The standard InChI is InChI=1S/2C12H14F2O.2CH4/c2*13-10-5-4-9(8-11(10)14)12(15)6-2-1-3-7-12;;/h2*4-5,8,15H,1-3,6-7H2;2*1H4. The Balaban J connectivity index is 0.000000301. The van der Waals surface area contributed by atoms with Gasteiger partial charge in [0.15, 0.2) is 23.3 Å². The Labute approximate surface area is 189 Å². The van der Waals surface area contributed by atoms with Crippen molar-refractivity contribution < 1.29 is 27.8 Å². The van der Waals surface area contributed by atoms with Crippen molar-refractivity contribution in [1.29, 1.82) is 0 Å². The molecule has 0 heterocycles. The van der Waals surface area contributed by atoms with Gasteiger partial charge >= 0.3 is 0 Å². The second kappa shape index (κ2) is 11.8. The summed E-state index contributed by atoms with van der Waals surface area (Å²) in [6.45, 7) is 0. The molecule has 0 unspecified atom stereocenters. The minimum absolute atomic E-state index is 0. The fourth-order valence-corrected chi connectivity index (χ4v) is 4.42. The van der Waals surface area contributed by atoms with Crippen molar-refractivity contribution in [3.8, 4) is 0 Å². The summed E-state index contributed by atoms with van der Waals surface area (Å²) in [7, 11) is 0. The van der Waals surface area contributed by atoms with Crippen molar-refractivity contribution in [3.05, 3.63) is 70.8 Å². The summed E-state index contributed by atoms with van der Waals surface area (Å²) >= 11 is 0. The van der Waals surface area contributed by atoms with E-state index in [1.807, 2.05) is 0 Å².